The molecule has 10 nitrogen and oxygen atoms in total. The molecule has 4 aromatic carbocycles. The van der Waals surface area contributed by atoms with Crippen LogP contribution in [0.5, 0.6) is 17.2 Å². The van der Waals surface area contributed by atoms with Crippen LogP contribution in [0, 0.1) is 0 Å². The van der Waals surface area contributed by atoms with E-state index in [1.54, 1.807) is 24.3 Å². The molecule has 1 N–H and O–H groups in total. The summed E-state index contributed by atoms with van der Waals surface area (Å²) in [5, 5.41) is 2.87. The normalized spacial score (nSPS) is 11.7. The van der Waals surface area contributed by atoms with Gasteiger partial charge in [-0.1, -0.05) is 60.7 Å². The Morgan fingerprint density at radius 2 is 1.40 bits per heavy atom. The minimum absolute atomic E-state index is 0.0852. The predicted molar refractivity (Wildman–Crippen MR) is 181 cm³/mol. The number of benzene rings is 4. The molecular weight excluding hydrogens is 618 g/mol. The Bertz CT molecular complexity index is 1720. The standard InChI is InChI=1S/C36H41N3O7S/c1-5-37-36(41)32(23-27-13-9-7-10-14-27)38(25-28-15-11-8-12-16-28)35(40)26-39(29-17-19-30(20-18-29)46-6-2)47(42,43)31-21-22-33(44-3)34(24-31)45-4/h7-22,24,32H,5-6,23,25-26H2,1-4H3,(H,37,41)/t32-/m1/s1. The summed E-state index contributed by atoms with van der Waals surface area (Å²) in [6.45, 7) is 3.96. The summed E-state index contributed by atoms with van der Waals surface area (Å²) in [6.07, 6.45) is 0.233. The summed E-state index contributed by atoms with van der Waals surface area (Å²) in [6, 6.07) is 28.5. The number of sulfonamides is 1. The Balaban J connectivity index is 1.81. The molecule has 0 aromatic heterocycles. The molecule has 0 aliphatic rings. The molecule has 11 heteroatoms. The second-order valence-corrected chi connectivity index (χ2v) is 12.4. The Hall–Kier alpha value is -5.03. The smallest absolute Gasteiger partial charge is 0.264 e. The number of ether oxygens (including phenoxy) is 3. The molecule has 0 aliphatic carbocycles. The quantitative estimate of drug-likeness (QED) is 0.179. The van der Waals surface area contributed by atoms with E-state index in [-0.39, 0.29) is 35.2 Å². The molecule has 47 heavy (non-hydrogen) atoms. The van der Waals surface area contributed by atoms with Gasteiger partial charge in [0.1, 0.15) is 18.3 Å². The van der Waals surface area contributed by atoms with Crippen LogP contribution in [-0.4, -0.2) is 65.1 Å². The summed E-state index contributed by atoms with van der Waals surface area (Å²) in [7, 11) is -1.47. The molecule has 2 amide bonds. The average molecular weight is 660 g/mol. The monoisotopic (exact) mass is 659 g/mol. The van der Waals surface area contributed by atoms with Crippen molar-refractivity contribution in [3.05, 3.63) is 114 Å². The number of rotatable bonds is 16. The number of carbonyl (C=O) groups is 2. The maximum Gasteiger partial charge on any atom is 0.264 e. The van der Waals surface area contributed by atoms with Gasteiger partial charge in [-0.2, -0.15) is 0 Å². The van der Waals surface area contributed by atoms with Gasteiger partial charge in [0, 0.05) is 25.6 Å². The van der Waals surface area contributed by atoms with Crippen LogP contribution >= 0.6 is 0 Å². The molecule has 0 saturated carbocycles. The number of hydrogen-bond acceptors (Lipinski definition) is 7. The zero-order valence-electron chi connectivity index (χ0n) is 27.1. The molecule has 0 spiro atoms. The van der Waals surface area contributed by atoms with Gasteiger partial charge >= 0.3 is 0 Å². The Kier molecular flexibility index (Phi) is 12.2. The summed E-state index contributed by atoms with van der Waals surface area (Å²) in [5.74, 6) is 0.233. The van der Waals surface area contributed by atoms with Crippen LogP contribution in [-0.2, 0) is 32.6 Å². The van der Waals surface area contributed by atoms with Crippen LogP contribution in [0.4, 0.5) is 5.69 Å². The van der Waals surface area contributed by atoms with Crippen molar-refractivity contribution in [1.82, 2.24) is 10.2 Å². The molecule has 4 rings (SSSR count). The van der Waals surface area contributed by atoms with Gasteiger partial charge in [0.05, 0.1) is 31.4 Å². The van der Waals surface area contributed by atoms with Crippen LogP contribution in [0.15, 0.2) is 108 Å². The second-order valence-electron chi connectivity index (χ2n) is 10.6. The fourth-order valence-electron chi connectivity index (χ4n) is 5.13. The van der Waals surface area contributed by atoms with Crippen molar-refractivity contribution in [3.63, 3.8) is 0 Å². The average Bonchev–Trinajstić information content (AvgIpc) is 3.09. The van der Waals surface area contributed by atoms with Gasteiger partial charge in [0.25, 0.3) is 10.0 Å². The highest BCUT2D eigenvalue weighted by atomic mass is 32.2. The predicted octanol–water partition coefficient (Wildman–Crippen LogP) is 5.07. The zero-order valence-corrected chi connectivity index (χ0v) is 27.9. The van der Waals surface area contributed by atoms with Gasteiger partial charge < -0.3 is 24.4 Å². The number of hydrogen-bond donors (Lipinski definition) is 1. The van der Waals surface area contributed by atoms with Crippen molar-refractivity contribution in [2.45, 2.75) is 37.8 Å². The molecule has 0 radical (unpaired) electrons. The fraction of sp³-hybridized carbons (Fsp3) is 0.278. The highest BCUT2D eigenvalue weighted by Crippen LogP contribution is 2.33. The largest absolute Gasteiger partial charge is 0.494 e. The third kappa shape index (κ3) is 8.82. The Morgan fingerprint density at radius 1 is 0.787 bits per heavy atom. The van der Waals surface area contributed by atoms with Crippen molar-refractivity contribution in [2.75, 3.05) is 38.2 Å². The summed E-state index contributed by atoms with van der Waals surface area (Å²) in [5.41, 5.74) is 1.89. The van der Waals surface area contributed by atoms with Crippen LogP contribution in [0.2, 0.25) is 0 Å². The topological polar surface area (TPSA) is 114 Å². The van der Waals surface area contributed by atoms with Crippen LogP contribution in [0.1, 0.15) is 25.0 Å². The van der Waals surface area contributed by atoms with E-state index in [2.05, 4.69) is 5.32 Å². The SMILES string of the molecule is CCNC(=O)[C@@H](Cc1ccccc1)N(Cc1ccccc1)C(=O)CN(c1ccc(OCC)cc1)S(=O)(=O)c1ccc(OC)c(OC)c1. The van der Waals surface area contributed by atoms with Crippen LogP contribution in [0.25, 0.3) is 0 Å². The van der Waals surface area contributed by atoms with Crippen molar-refractivity contribution >= 4 is 27.5 Å². The van der Waals surface area contributed by atoms with Crippen molar-refractivity contribution < 1.29 is 32.2 Å². The molecule has 1 atom stereocenters. The lowest BCUT2D eigenvalue weighted by Gasteiger charge is -2.34. The third-order valence-electron chi connectivity index (χ3n) is 7.48. The van der Waals surface area contributed by atoms with E-state index in [4.69, 9.17) is 14.2 Å². The number of anilines is 1. The number of methoxy groups -OCH3 is 2. The Labute approximate surface area is 276 Å². The summed E-state index contributed by atoms with van der Waals surface area (Å²) < 4.78 is 46.0. The number of nitrogens with one attached hydrogen (secondary N) is 1. The molecule has 0 heterocycles. The van der Waals surface area contributed by atoms with Crippen molar-refractivity contribution in [2.24, 2.45) is 0 Å². The van der Waals surface area contributed by atoms with Crippen molar-refractivity contribution in [3.8, 4) is 17.2 Å². The van der Waals surface area contributed by atoms with E-state index in [1.165, 1.54) is 37.3 Å². The number of likely N-dealkylation sites (N-methyl/N-ethyl adjacent to an activating group) is 1. The molecule has 0 saturated heterocycles. The Morgan fingerprint density at radius 3 is 1.98 bits per heavy atom. The van der Waals surface area contributed by atoms with Crippen LogP contribution in [0.3, 0.4) is 0 Å². The summed E-state index contributed by atoms with van der Waals surface area (Å²) >= 11 is 0. The lowest BCUT2D eigenvalue weighted by Crippen LogP contribution is -2.53. The first-order valence-electron chi connectivity index (χ1n) is 15.3. The highest BCUT2D eigenvalue weighted by molar-refractivity contribution is 7.92. The number of amides is 2. The van der Waals surface area contributed by atoms with Gasteiger partial charge in [-0.3, -0.25) is 13.9 Å². The first kappa shape index (κ1) is 34.8. The molecule has 0 unspecified atom stereocenters. The molecule has 0 bridgehead atoms. The lowest BCUT2D eigenvalue weighted by molar-refractivity contribution is -0.140. The molecule has 0 aliphatic heterocycles. The molecule has 4 aromatic rings. The summed E-state index contributed by atoms with van der Waals surface area (Å²) in [4.78, 5) is 29.5. The lowest BCUT2D eigenvalue weighted by atomic mass is 10.0. The molecule has 0 fully saturated rings. The second kappa shape index (κ2) is 16.5. The van der Waals surface area contributed by atoms with E-state index in [9.17, 15) is 18.0 Å². The number of carbonyl (C=O) groups excluding carboxylic acids is 2. The van der Waals surface area contributed by atoms with Gasteiger partial charge in [0.2, 0.25) is 11.8 Å². The molecule has 248 valence electrons. The van der Waals surface area contributed by atoms with E-state index < -0.39 is 28.5 Å². The highest BCUT2D eigenvalue weighted by Gasteiger charge is 2.35. The first-order valence-corrected chi connectivity index (χ1v) is 16.8. The van der Waals surface area contributed by atoms with E-state index in [1.807, 2.05) is 74.5 Å². The van der Waals surface area contributed by atoms with Gasteiger partial charge in [-0.05, 0) is 61.4 Å². The van der Waals surface area contributed by atoms with Crippen molar-refractivity contribution in [1.29, 1.82) is 0 Å². The van der Waals surface area contributed by atoms with Gasteiger partial charge in [-0.15, -0.1) is 0 Å². The first-order chi connectivity index (χ1) is 22.7. The third-order valence-corrected chi connectivity index (χ3v) is 9.25. The van der Waals surface area contributed by atoms with E-state index in [0.717, 1.165) is 15.4 Å². The zero-order chi connectivity index (χ0) is 33.8. The van der Waals surface area contributed by atoms with Crippen LogP contribution < -0.4 is 23.8 Å². The van der Waals surface area contributed by atoms with Gasteiger partial charge in [0.15, 0.2) is 11.5 Å². The fourth-order valence-corrected chi connectivity index (χ4v) is 6.56. The minimum Gasteiger partial charge on any atom is -0.494 e. The van der Waals surface area contributed by atoms with E-state index in [0.29, 0.717) is 24.7 Å². The van der Waals surface area contributed by atoms with E-state index >= 15 is 0 Å². The maximum atomic E-state index is 14.5. The molecular formula is C36H41N3O7S. The van der Waals surface area contributed by atoms with Gasteiger partial charge in [-0.25, -0.2) is 8.42 Å². The number of nitrogens with zero attached hydrogens (tertiary/aromatic N) is 2. The minimum atomic E-state index is -4.34. The maximum absolute atomic E-state index is 14.5.